The zero-order chi connectivity index (χ0) is 11.4. The van der Waals surface area contributed by atoms with Crippen LogP contribution in [0.25, 0.3) is 20.9 Å². The molecule has 16 heavy (non-hydrogen) atoms. The highest BCUT2D eigenvalue weighted by Crippen LogP contribution is 2.43. The van der Waals surface area contributed by atoms with Gasteiger partial charge in [-0.3, -0.25) is 0 Å². The Labute approximate surface area is 91.8 Å². The van der Waals surface area contributed by atoms with Crippen molar-refractivity contribution in [3.8, 4) is 0 Å². The molecule has 0 radical (unpaired) electrons. The molecular weight excluding hydrogens is 212 g/mol. The molecule has 0 spiro atoms. The van der Waals surface area contributed by atoms with Gasteiger partial charge in [-0.15, -0.1) is 0 Å². The summed E-state index contributed by atoms with van der Waals surface area (Å²) in [7, 11) is 0. The highest BCUT2D eigenvalue weighted by molar-refractivity contribution is 5.02. The van der Waals surface area contributed by atoms with E-state index in [9.17, 15) is 0 Å². The number of ether oxygens (including phenoxy) is 2. The van der Waals surface area contributed by atoms with Crippen molar-refractivity contribution in [2.45, 2.75) is 25.1 Å². The van der Waals surface area contributed by atoms with Gasteiger partial charge in [-0.05, 0) is 23.9 Å². The second-order valence-electron chi connectivity index (χ2n) is 4.01. The quantitative estimate of drug-likeness (QED) is 0.413. The van der Waals surface area contributed by atoms with E-state index in [0.717, 1.165) is 12.8 Å². The Hall–Kier alpha value is -1.46. The van der Waals surface area contributed by atoms with Crippen molar-refractivity contribution >= 4 is 0 Å². The first-order valence-corrected chi connectivity index (χ1v) is 5.11. The van der Waals surface area contributed by atoms with E-state index < -0.39 is 11.6 Å². The van der Waals surface area contributed by atoms with Gasteiger partial charge in [0.2, 0.25) is 0 Å². The van der Waals surface area contributed by atoms with Crippen LogP contribution >= 0.6 is 0 Å². The van der Waals surface area contributed by atoms with Crippen molar-refractivity contribution in [3.63, 3.8) is 0 Å². The van der Waals surface area contributed by atoms with E-state index in [1.807, 2.05) is 0 Å². The minimum absolute atomic E-state index is 0.0396. The van der Waals surface area contributed by atoms with E-state index in [1.54, 1.807) is 0 Å². The third-order valence-corrected chi connectivity index (χ3v) is 3.15. The molecule has 2 aliphatic heterocycles. The molecule has 2 saturated heterocycles. The first-order valence-electron chi connectivity index (χ1n) is 5.11. The Kier molecular flexibility index (Phi) is 3.17. The lowest BCUT2D eigenvalue weighted by molar-refractivity contribution is -0.185. The zero-order valence-electron chi connectivity index (χ0n) is 8.69. The fourth-order valence-electron chi connectivity index (χ4n) is 2.22. The zero-order valence-corrected chi connectivity index (χ0v) is 8.69. The molecule has 8 nitrogen and oxygen atoms in total. The molecule has 0 aliphatic carbocycles. The molecule has 0 aromatic heterocycles. The minimum atomic E-state index is -0.764. The molecule has 8 heteroatoms. The summed E-state index contributed by atoms with van der Waals surface area (Å²) in [5, 5.41) is 7.11. The fraction of sp³-hybridized carbons (Fsp3) is 1.00. The average molecular weight is 224 g/mol. The van der Waals surface area contributed by atoms with Crippen LogP contribution in [0, 0.1) is 5.41 Å². The molecule has 0 saturated carbocycles. The Morgan fingerprint density at radius 2 is 1.94 bits per heavy atom. The summed E-state index contributed by atoms with van der Waals surface area (Å²) < 4.78 is 10.8. The fourth-order valence-corrected chi connectivity index (χ4v) is 2.22. The van der Waals surface area contributed by atoms with Gasteiger partial charge in [0, 0.05) is 16.4 Å². The van der Waals surface area contributed by atoms with Gasteiger partial charge in [-0.2, -0.15) is 0 Å². The third kappa shape index (κ3) is 1.68. The van der Waals surface area contributed by atoms with Gasteiger partial charge in [0.25, 0.3) is 0 Å². The SMILES string of the molecule is [N-]=[N+]=NC(N=[N+]=[N-])C1(C2CCCO2)COC1. The van der Waals surface area contributed by atoms with Gasteiger partial charge in [0.15, 0.2) is 0 Å². The number of hydrogen-bond donors (Lipinski definition) is 0. The Morgan fingerprint density at radius 3 is 2.31 bits per heavy atom. The van der Waals surface area contributed by atoms with Crippen LogP contribution in [0.5, 0.6) is 0 Å². The van der Waals surface area contributed by atoms with Crippen molar-refractivity contribution in [3.05, 3.63) is 20.9 Å². The highest BCUT2D eigenvalue weighted by Gasteiger charge is 2.52. The summed E-state index contributed by atoms with van der Waals surface area (Å²) in [4.78, 5) is 5.45. The van der Waals surface area contributed by atoms with E-state index in [0.29, 0.717) is 19.8 Å². The van der Waals surface area contributed by atoms with Gasteiger partial charge < -0.3 is 9.47 Å². The van der Waals surface area contributed by atoms with Crippen LogP contribution in [0.2, 0.25) is 0 Å². The molecule has 2 heterocycles. The molecule has 0 aromatic carbocycles. The molecule has 0 aromatic rings. The second-order valence-corrected chi connectivity index (χ2v) is 4.01. The maximum absolute atomic E-state index is 8.48. The minimum Gasteiger partial charge on any atom is -0.380 e. The van der Waals surface area contributed by atoms with Crippen molar-refractivity contribution in [1.29, 1.82) is 0 Å². The molecular formula is C8H12N6O2. The summed E-state index contributed by atoms with van der Waals surface area (Å²) in [5.41, 5.74) is 16.5. The Morgan fingerprint density at radius 1 is 1.25 bits per heavy atom. The van der Waals surface area contributed by atoms with Crippen LogP contribution < -0.4 is 0 Å². The second kappa shape index (κ2) is 4.59. The topological polar surface area (TPSA) is 116 Å². The molecule has 0 N–H and O–H groups in total. The highest BCUT2D eigenvalue weighted by atomic mass is 16.5. The van der Waals surface area contributed by atoms with Gasteiger partial charge in [-0.25, -0.2) is 0 Å². The van der Waals surface area contributed by atoms with E-state index in [4.69, 9.17) is 20.5 Å². The van der Waals surface area contributed by atoms with E-state index >= 15 is 0 Å². The van der Waals surface area contributed by atoms with Gasteiger partial charge >= 0.3 is 0 Å². The normalized spacial score (nSPS) is 28.4. The monoisotopic (exact) mass is 224 g/mol. The van der Waals surface area contributed by atoms with E-state index in [1.165, 1.54) is 0 Å². The van der Waals surface area contributed by atoms with Crippen molar-refractivity contribution in [2.24, 2.45) is 15.6 Å². The lowest BCUT2D eigenvalue weighted by Gasteiger charge is -2.47. The summed E-state index contributed by atoms with van der Waals surface area (Å²) in [5.74, 6) is 0. The van der Waals surface area contributed by atoms with E-state index in [-0.39, 0.29) is 6.10 Å². The first kappa shape index (κ1) is 11.0. The van der Waals surface area contributed by atoms with E-state index in [2.05, 4.69) is 20.1 Å². The van der Waals surface area contributed by atoms with Crippen molar-refractivity contribution < 1.29 is 9.47 Å². The van der Waals surface area contributed by atoms with Crippen LogP contribution in [-0.4, -0.2) is 32.1 Å². The van der Waals surface area contributed by atoms with Gasteiger partial charge in [0.1, 0.15) is 6.17 Å². The predicted octanol–water partition coefficient (Wildman–Crippen LogP) is 2.13. The smallest absolute Gasteiger partial charge is 0.128 e. The predicted molar refractivity (Wildman–Crippen MR) is 54.3 cm³/mol. The Balaban J connectivity index is 2.23. The molecule has 2 aliphatic rings. The number of nitrogens with zero attached hydrogens (tertiary/aromatic N) is 6. The number of rotatable bonds is 4. The molecule has 0 bridgehead atoms. The third-order valence-electron chi connectivity index (χ3n) is 3.15. The summed E-state index contributed by atoms with van der Waals surface area (Å²) in [6.45, 7) is 1.53. The summed E-state index contributed by atoms with van der Waals surface area (Å²) >= 11 is 0. The molecule has 2 rings (SSSR count). The average Bonchev–Trinajstić information content (AvgIpc) is 2.70. The van der Waals surface area contributed by atoms with Crippen LogP contribution in [0.4, 0.5) is 0 Å². The Bertz CT molecular complexity index is 332. The molecule has 0 amide bonds. The molecule has 86 valence electrons. The van der Waals surface area contributed by atoms with Crippen molar-refractivity contribution in [2.75, 3.05) is 19.8 Å². The summed E-state index contributed by atoms with van der Waals surface area (Å²) in [6, 6.07) is 0. The lowest BCUT2D eigenvalue weighted by atomic mass is 9.76. The van der Waals surface area contributed by atoms with Gasteiger partial charge in [0.05, 0.1) is 24.7 Å². The molecule has 1 unspecified atom stereocenters. The number of hydrogen-bond acceptors (Lipinski definition) is 4. The maximum atomic E-state index is 8.48. The van der Waals surface area contributed by atoms with Crippen molar-refractivity contribution in [1.82, 2.24) is 0 Å². The van der Waals surface area contributed by atoms with Crippen LogP contribution in [0.3, 0.4) is 0 Å². The van der Waals surface area contributed by atoms with Gasteiger partial charge in [-0.1, -0.05) is 10.2 Å². The van der Waals surface area contributed by atoms with Crippen LogP contribution in [-0.2, 0) is 9.47 Å². The largest absolute Gasteiger partial charge is 0.380 e. The molecule has 2 fully saturated rings. The summed E-state index contributed by atoms with van der Waals surface area (Å²) in [6.07, 6.45) is 1.06. The van der Waals surface area contributed by atoms with Crippen LogP contribution in [0.1, 0.15) is 12.8 Å². The first-order chi connectivity index (χ1) is 7.83. The standard InChI is InChI=1S/C8H12N6O2/c9-13-11-7(12-14-10)8(4-15-5-8)6-2-1-3-16-6/h6-7H,1-5H2. The molecule has 1 atom stereocenters. The lowest BCUT2D eigenvalue weighted by Crippen LogP contribution is -2.57. The maximum Gasteiger partial charge on any atom is 0.128 e. The number of azide groups is 1. The van der Waals surface area contributed by atoms with Crippen LogP contribution in [0.15, 0.2) is 10.2 Å².